The second-order valence-corrected chi connectivity index (χ2v) is 6.91. The van der Waals surface area contributed by atoms with E-state index in [4.69, 9.17) is 4.98 Å². The molecule has 148 valence electrons. The SMILES string of the molecule is CCCCCCCCc1nc2cc(/C=C/C(=O)OC)ccc2n1CCNC. The number of esters is 1. The topological polar surface area (TPSA) is 56.1 Å². The Kier molecular flexibility index (Phi) is 9.05. The molecule has 0 amide bonds. The third-order valence-electron chi connectivity index (χ3n) is 4.80. The molecule has 27 heavy (non-hydrogen) atoms. The summed E-state index contributed by atoms with van der Waals surface area (Å²) in [7, 11) is 3.36. The van der Waals surface area contributed by atoms with Gasteiger partial charge in [0.1, 0.15) is 5.82 Å². The molecule has 1 aromatic heterocycles. The molecule has 0 saturated heterocycles. The van der Waals surface area contributed by atoms with Gasteiger partial charge in [-0.1, -0.05) is 45.1 Å². The Morgan fingerprint density at radius 2 is 2.00 bits per heavy atom. The lowest BCUT2D eigenvalue weighted by atomic mass is 10.1. The maximum absolute atomic E-state index is 11.3. The molecule has 0 aliphatic heterocycles. The number of hydrogen-bond acceptors (Lipinski definition) is 4. The average Bonchev–Trinajstić information content (AvgIpc) is 3.03. The van der Waals surface area contributed by atoms with Crippen LogP contribution in [0.2, 0.25) is 0 Å². The number of nitrogens with one attached hydrogen (secondary N) is 1. The minimum atomic E-state index is -0.349. The fraction of sp³-hybridized carbons (Fsp3) is 0.545. The molecule has 5 heteroatoms. The largest absolute Gasteiger partial charge is 0.466 e. The number of rotatable bonds is 12. The quantitative estimate of drug-likeness (QED) is 0.342. The predicted octanol–water partition coefficient (Wildman–Crippen LogP) is 4.34. The monoisotopic (exact) mass is 371 g/mol. The highest BCUT2D eigenvalue weighted by atomic mass is 16.5. The van der Waals surface area contributed by atoms with Crippen molar-refractivity contribution in [2.45, 2.75) is 58.4 Å². The normalized spacial score (nSPS) is 11.5. The lowest BCUT2D eigenvalue weighted by Crippen LogP contribution is -2.16. The molecule has 0 aliphatic rings. The second-order valence-electron chi connectivity index (χ2n) is 6.91. The van der Waals surface area contributed by atoms with Crippen LogP contribution in [0, 0.1) is 0 Å². The molecule has 1 N–H and O–H groups in total. The molecule has 1 heterocycles. The van der Waals surface area contributed by atoms with Gasteiger partial charge in [-0.05, 0) is 37.2 Å². The Morgan fingerprint density at radius 3 is 2.74 bits per heavy atom. The fourth-order valence-corrected chi connectivity index (χ4v) is 3.26. The fourth-order valence-electron chi connectivity index (χ4n) is 3.26. The van der Waals surface area contributed by atoms with E-state index >= 15 is 0 Å². The summed E-state index contributed by atoms with van der Waals surface area (Å²) in [6.07, 6.45) is 11.9. The summed E-state index contributed by atoms with van der Waals surface area (Å²) in [6, 6.07) is 6.16. The minimum absolute atomic E-state index is 0.349. The molecule has 1 aromatic carbocycles. The van der Waals surface area contributed by atoms with Crippen molar-refractivity contribution in [2.24, 2.45) is 0 Å². The number of hydrogen-bond donors (Lipinski definition) is 1. The zero-order valence-corrected chi connectivity index (χ0v) is 17.0. The molecule has 0 aliphatic carbocycles. The number of nitrogens with zero attached hydrogens (tertiary/aromatic N) is 2. The van der Waals surface area contributed by atoms with E-state index in [-0.39, 0.29) is 5.97 Å². The standard InChI is InChI=1S/C22H33N3O2/c1-4-5-6-7-8-9-10-21-24-19-17-18(12-14-22(26)27-3)11-13-20(19)25(21)16-15-23-2/h11-14,17,23H,4-10,15-16H2,1-3H3/b14-12+. The number of benzene rings is 1. The Labute approximate surface area is 162 Å². The van der Waals surface area contributed by atoms with E-state index in [1.807, 2.05) is 19.2 Å². The average molecular weight is 372 g/mol. The van der Waals surface area contributed by atoms with Crippen LogP contribution in [0.5, 0.6) is 0 Å². The number of likely N-dealkylation sites (N-methyl/N-ethyl adjacent to an activating group) is 1. The third-order valence-corrected chi connectivity index (χ3v) is 4.80. The molecule has 0 fully saturated rings. The molecule has 0 radical (unpaired) electrons. The van der Waals surface area contributed by atoms with E-state index in [1.165, 1.54) is 51.7 Å². The number of methoxy groups -OCH3 is 1. The number of ether oxygens (including phenoxy) is 1. The smallest absolute Gasteiger partial charge is 0.330 e. The van der Waals surface area contributed by atoms with Crippen molar-refractivity contribution in [2.75, 3.05) is 20.7 Å². The van der Waals surface area contributed by atoms with Gasteiger partial charge < -0.3 is 14.6 Å². The van der Waals surface area contributed by atoms with Gasteiger partial charge in [0.05, 0.1) is 18.1 Å². The van der Waals surface area contributed by atoms with E-state index in [0.29, 0.717) is 0 Å². The molecule has 2 aromatic rings. The number of imidazole rings is 1. The summed E-state index contributed by atoms with van der Waals surface area (Å²) in [4.78, 5) is 16.2. The van der Waals surface area contributed by atoms with Crippen LogP contribution in [-0.4, -0.2) is 36.2 Å². The molecule has 0 unspecified atom stereocenters. The van der Waals surface area contributed by atoms with Crippen LogP contribution in [0.1, 0.15) is 56.8 Å². The maximum Gasteiger partial charge on any atom is 0.330 e. The summed E-state index contributed by atoms with van der Waals surface area (Å²) < 4.78 is 6.98. The number of carbonyl (C=O) groups is 1. The first-order valence-corrected chi connectivity index (χ1v) is 10.1. The van der Waals surface area contributed by atoms with Gasteiger partial charge in [-0.3, -0.25) is 0 Å². The molecule has 0 atom stereocenters. The van der Waals surface area contributed by atoms with Crippen molar-refractivity contribution in [3.63, 3.8) is 0 Å². The highest BCUT2D eigenvalue weighted by Crippen LogP contribution is 2.20. The molecular weight excluding hydrogens is 338 g/mol. The second kappa shape index (κ2) is 11.5. The molecule has 0 bridgehead atoms. The minimum Gasteiger partial charge on any atom is -0.466 e. The van der Waals surface area contributed by atoms with Gasteiger partial charge in [-0.15, -0.1) is 0 Å². The first-order valence-electron chi connectivity index (χ1n) is 10.1. The number of fused-ring (bicyclic) bond motifs is 1. The lowest BCUT2D eigenvalue weighted by molar-refractivity contribution is -0.134. The Morgan fingerprint density at radius 1 is 1.22 bits per heavy atom. The van der Waals surface area contributed by atoms with E-state index in [2.05, 4.69) is 27.6 Å². The van der Waals surface area contributed by atoms with Gasteiger partial charge in [-0.2, -0.15) is 0 Å². The van der Waals surface area contributed by atoms with Gasteiger partial charge in [-0.25, -0.2) is 9.78 Å². The van der Waals surface area contributed by atoms with Crippen molar-refractivity contribution in [3.05, 3.63) is 35.7 Å². The number of aromatic nitrogens is 2. The highest BCUT2D eigenvalue weighted by Gasteiger charge is 2.10. The summed E-state index contributed by atoms with van der Waals surface area (Å²) in [5.74, 6) is 0.809. The summed E-state index contributed by atoms with van der Waals surface area (Å²) in [6.45, 7) is 4.08. The van der Waals surface area contributed by atoms with Crippen molar-refractivity contribution in [3.8, 4) is 0 Å². The molecule has 0 spiro atoms. The van der Waals surface area contributed by atoms with Crippen LogP contribution >= 0.6 is 0 Å². The van der Waals surface area contributed by atoms with E-state index in [9.17, 15) is 4.79 Å². The summed E-state index contributed by atoms with van der Waals surface area (Å²) >= 11 is 0. The Hall–Kier alpha value is -2.14. The Balaban J connectivity index is 2.13. The van der Waals surface area contributed by atoms with Gasteiger partial charge in [0.2, 0.25) is 0 Å². The molecule has 2 rings (SSSR count). The van der Waals surface area contributed by atoms with Gasteiger partial charge >= 0.3 is 5.97 Å². The Bertz CT molecular complexity index is 749. The van der Waals surface area contributed by atoms with Gasteiger partial charge in [0.25, 0.3) is 0 Å². The predicted molar refractivity (Wildman–Crippen MR) is 112 cm³/mol. The van der Waals surface area contributed by atoms with E-state index in [1.54, 1.807) is 6.08 Å². The van der Waals surface area contributed by atoms with Crippen molar-refractivity contribution < 1.29 is 9.53 Å². The first-order chi connectivity index (χ1) is 13.2. The molecular formula is C22H33N3O2. The van der Waals surface area contributed by atoms with Gasteiger partial charge in [0, 0.05) is 25.6 Å². The van der Waals surface area contributed by atoms with Crippen molar-refractivity contribution in [1.82, 2.24) is 14.9 Å². The lowest BCUT2D eigenvalue weighted by Gasteiger charge is -2.09. The van der Waals surface area contributed by atoms with Crippen molar-refractivity contribution >= 4 is 23.1 Å². The zero-order chi connectivity index (χ0) is 19.5. The van der Waals surface area contributed by atoms with Crippen molar-refractivity contribution in [1.29, 1.82) is 0 Å². The number of aryl methyl sites for hydroxylation is 1. The highest BCUT2D eigenvalue weighted by molar-refractivity contribution is 5.88. The number of carbonyl (C=O) groups excluding carboxylic acids is 1. The van der Waals surface area contributed by atoms with Crippen LogP contribution in [-0.2, 0) is 22.5 Å². The van der Waals surface area contributed by atoms with Crippen LogP contribution < -0.4 is 5.32 Å². The zero-order valence-electron chi connectivity index (χ0n) is 17.0. The first kappa shape index (κ1) is 21.2. The molecule has 5 nitrogen and oxygen atoms in total. The maximum atomic E-state index is 11.3. The molecule has 0 saturated carbocycles. The summed E-state index contributed by atoms with van der Waals surface area (Å²) in [5.41, 5.74) is 3.10. The van der Waals surface area contributed by atoms with Crippen LogP contribution in [0.3, 0.4) is 0 Å². The van der Waals surface area contributed by atoms with Crippen LogP contribution in [0.15, 0.2) is 24.3 Å². The van der Waals surface area contributed by atoms with Crippen LogP contribution in [0.25, 0.3) is 17.1 Å². The number of unbranched alkanes of at least 4 members (excludes halogenated alkanes) is 5. The van der Waals surface area contributed by atoms with E-state index < -0.39 is 0 Å². The van der Waals surface area contributed by atoms with Gasteiger partial charge in [0.15, 0.2) is 0 Å². The summed E-state index contributed by atoms with van der Waals surface area (Å²) in [5, 5.41) is 3.23. The van der Waals surface area contributed by atoms with E-state index in [0.717, 1.165) is 41.9 Å². The van der Waals surface area contributed by atoms with Crippen LogP contribution in [0.4, 0.5) is 0 Å². The third kappa shape index (κ3) is 6.51.